The van der Waals surface area contributed by atoms with Crippen LogP contribution in [0, 0.1) is 0 Å². The van der Waals surface area contributed by atoms with Crippen LogP contribution >= 0.6 is 11.6 Å². The topological polar surface area (TPSA) is 79.0 Å². The molecule has 0 bridgehead atoms. The smallest absolute Gasteiger partial charge is 0.228 e. The number of halogens is 1. The normalized spacial score (nSPS) is 22.8. The number of nitrogens with one attached hydrogen (secondary N) is 1. The third kappa shape index (κ3) is 4.35. The van der Waals surface area contributed by atoms with Crippen LogP contribution in [0.4, 0.5) is 5.69 Å². The van der Waals surface area contributed by atoms with E-state index in [1.165, 1.54) is 0 Å². The molecule has 2 aliphatic rings. The molecular weight excluding hydrogens is 370 g/mol. The van der Waals surface area contributed by atoms with E-state index < -0.39 is 6.04 Å². The second-order valence-electron chi connectivity index (χ2n) is 7.00. The summed E-state index contributed by atoms with van der Waals surface area (Å²) >= 11 is 6.10. The molecule has 1 N–H and O–H groups in total. The molecular formula is C19H24ClN3O4. The minimum atomic E-state index is -0.512. The summed E-state index contributed by atoms with van der Waals surface area (Å²) in [6, 6.07) is 5.30. The number of Topliss-reactive ketones (excluding diaryl/α,β-unsaturated/α-hetero) is 1. The van der Waals surface area contributed by atoms with Gasteiger partial charge in [0.05, 0.1) is 24.6 Å². The molecule has 7 nitrogen and oxygen atoms in total. The Bertz CT molecular complexity index is 754. The van der Waals surface area contributed by atoms with Crippen LogP contribution in [-0.4, -0.2) is 61.3 Å². The molecule has 0 aromatic heterocycles. The van der Waals surface area contributed by atoms with E-state index in [2.05, 4.69) is 17.1 Å². The molecule has 1 aromatic rings. The number of anilines is 1. The largest absolute Gasteiger partial charge is 0.495 e. The minimum Gasteiger partial charge on any atom is -0.495 e. The van der Waals surface area contributed by atoms with Crippen LogP contribution in [0.3, 0.4) is 0 Å². The quantitative estimate of drug-likeness (QED) is 0.769. The van der Waals surface area contributed by atoms with E-state index in [1.54, 1.807) is 7.11 Å². The number of ether oxygens (including phenoxy) is 1. The van der Waals surface area contributed by atoms with Gasteiger partial charge in [0.1, 0.15) is 5.75 Å². The molecule has 1 aromatic carbocycles. The van der Waals surface area contributed by atoms with E-state index in [4.69, 9.17) is 16.3 Å². The first-order chi connectivity index (χ1) is 12.9. The Hall–Kier alpha value is -2.28. The van der Waals surface area contributed by atoms with Crippen LogP contribution in [0.2, 0.25) is 5.02 Å². The molecule has 0 radical (unpaired) electrons. The number of hydrogen-bond donors (Lipinski definition) is 1. The molecule has 2 saturated heterocycles. The van der Waals surface area contributed by atoms with Gasteiger partial charge in [-0.05, 0) is 25.5 Å². The summed E-state index contributed by atoms with van der Waals surface area (Å²) in [5.41, 5.74) is 1.01. The Labute approximate surface area is 163 Å². The summed E-state index contributed by atoms with van der Waals surface area (Å²) < 4.78 is 5.29. The number of benzene rings is 1. The number of methoxy groups -OCH3 is 1. The maximum atomic E-state index is 12.5. The second-order valence-corrected chi connectivity index (χ2v) is 7.41. The van der Waals surface area contributed by atoms with Crippen molar-refractivity contribution in [1.82, 2.24) is 10.2 Å². The van der Waals surface area contributed by atoms with Gasteiger partial charge in [0.15, 0.2) is 5.78 Å². The van der Waals surface area contributed by atoms with Gasteiger partial charge in [-0.15, -0.1) is 0 Å². The van der Waals surface area contributed by atoms with E-state index in [0.29, 0.717) is 36.8 Å². The lowest BCUT2D eigenvalue weighted by Crippen LogP contribution is -2.54. The number of rotatable bonds is 5. The summed E-state index contributed by atoms with van der Waals surface area (Å²) in [7, 11) is 1.59. The zero-order chi connectivity index (χ0) is 19.6. The molecule has 0 saturated carbocycles. The highest BCUT2D eigenvalue weighted by Gasteiger charge is 2.32. The lowest BCUT2D eigenvalue weighted by atomic mass is 10.1. The van der Waals surface area contributed by atoms with Crippen molar-refractivity contribution in [3.8, 4) is 5.75 Å². The number of carbonyl (C=O) groups is 3. The standard InChI is InChI=1S/C19H24ClN3O4/c1-12-11-22(19(26)6-5-15-16(24)10-18(25)21-15)7-8-23(12)13-3-4-14(20)17(9-13)27-2/h3-4,9,12,15H,5-8,10-11H2,1-2H3,(H,21,25)/t12-,15+/m0/s1. The Morgan fingerprint density at radius 1 is 1.33 bits per heavy atom. The summed E-state index contributed by atoms with van der Waals surface area (Å²) in [6.07, 6.45) is 0.559. The highest BCUT2D eigenvalue weighted by atomic mass is 35.5. The fraction of sp³-hybridized carbons (Fsp3) is 0.526. The molecule has 27 heavy (non-hydrogen) atoms. The summed E-state index contributed by atoms with van der Waals surface area (Å²) in [4.78, 5) is 39.5. The van der Waals surface area contributed by atoms with E-state index in [1.807, 2.05) is 23.1 Å². The first-order valence-electron chi connectivity index (χ1n) is 9.09. The lowest BCUT2D eigenvalue weighted by Gasteiger charge is -2.41. The molecule has 0 unspecified atom stereocenters. The predicted molar refractivity (Wildman–Crippen MR) is 102 cm³/mol. The van der Waals surface area contributed by atoms with Gasteiger partial charge in [0.2, 0.25) is 11.8 Å². The average molecular weight is 394 g/mol. The van der Waals surface area contributed by atoms with Crippen molar-refractivity contribution in [3.05, 3.63) is 23.2 Å². The van der Waals surface area contributed by atoms with Gasteiger partial charge in [-0.2, -0.15) is 0 Å². The number of piperazine rings is 1. The van der Waals surface area contributed by atoms with Crippen molar-refractivity contribution in [2.75, 3.05) is 31.6 Å². The zero-order valence-electron chi connectivity index (χ0n) is 15.5. The van der Waals surface area contributed by atoms with Gasteiger partial charge in [0.25, 0.3) is 0 Å². The number of ketones is 1. The van der Waals surface area contributed by atoms with Gasteiger partial charge >= 0.3 is 0 Å². The van der Waals surface area contributed by atoms with Crippen LogP contribution in [0.15, 0.2) is 18.2 Å². The fourth-order valence-corrected chi connectivity index (χ4v) is 3.86. The highest BCUT2D eigenvalue weighted by molar-refractivity contribution is 6.32. The highest BCUT2D eigenvalue weighted by Crippen LogP contribution is 2.31. The van der Waals surface area contributed by atoms with Crippen molar-refractivity contribution in [2.24, 2.45) is 0 Å². The summed E-state index contributed by atoms with van der Waals surface area (Å²) in [5.74, 6) is 0.271. The molecule has 3 rings (SSSR count). The molecule has 0 aliphatic carbocycles. The Morgan fingerprint density at radius 3 is 2.74 bits per heavy atom. The monoisotopic (exact) mass is 393 g/mol. The molecule has 2 heterocycles. The Kier molecular flexibility index (Phi) is 5.89. The molecule has 146 valence electrons. The Morgan fingerprint density at radius 2 is 2.11 bits per heavy atom. The van der Waals surface area contributed by atoms with E-state index in [9.17, 15) is 14.4 Å². The minimum absolute atomic E-state index is 0.0177. The predicted octanol–water partition coefficient (Wildman–Crippen LogP) is 1.62. The number of nitrogens with zero attached hydrogens (tertiary/aromatic N) is 2. The van der Waals surface area contributed by atoms with Crippen molar-refractivity contribution < 1.29 is 19.1 Å². The molecule has 0 spiro atoms. The van der Waals surface area contributed by atoms with Gasteiger partial charge in [-0.3, -0.25) is 14.4 Å². The van der Waals surface area contributed by atoms with Crippen LogP contribution in [0.25, 0.3) is 0 Å². The summed E-state index contributed by atoms with van der Waals surface area (Å²) in [5, 5.41) is 3.19. The SMILES string of the molecule is COc1cc(N2CCN(C(=O)CC[C@H]3NC(=O)CC3=O)C[C@@H]2C)ccc1Cl. The number of hydrogen-bond acceptors (Lipinski definition) is 5. The maximum Gasteiger partial charge on any atom is 0.228 e. The molecule has 2 amide bonds. The molecule has 2 aliphatic heterocycles. The van der Waals surface area contributed by atoms with Crippen molar-refractivity contribution in [2.45, 2.75) is 38.3 Å². The first kappa shape index (κ1) is 19.5. The number of carbonyl (C=O) groups excluding carboxylic acids is 3. The van der Waals surface area contributed by atoms with E-state index in [0.717, 1.165) is 5.69 Å². The van der Waals surface area contributed by atoms with Crippen LogP contribution in [-0.2, 0) is 14.4 Å². The first-order valence-corrected chi connectivity index (χ1v) is 9.47. The van der Waals surface area contributed by atoms with E-state index >= 15 is 0 Å². The Balaban J connectivity index is 1.55. The summed E-state index contributed by atoms with van der Waals surface area (Å²) in [6.45, 7) is 3.99. The average Bonchev–Trinajstić information content (AvgIpc) is 2.97. The van der Waals surface area contributed by atoms with Gasteiger partial charge in [-0.1, -0.05) is 11.6 Å². The van der Waals surface area contributed by atoms with Gasteiger partial charge in [-0.25, -0.2) is 0 Å². The van der Waals surface area contributed by atoms with Crippen LogP contribution in [0.1, 0.15) is 26.2 Å². The molecule has 8 heteroatoms. The second kappa shape index (κ2) is 8.17. The van der Waals surface area contributed by atoms with E-state index in [-0.39, 0.29) is 36.5 Å². The van der Waals surface area contributed by atoms with Crippen LogP contribution < -0.4 is 15.0 Å². The van der Waals surface area contributed by atoms with Crippen LogP contribution in [0.5, 0.6) is 5.75 Å². The molecule has 2 atom stereocenters. The third-order valence-electron chi connectivity index (χ3n) is 5.15. The third-order valence-corrected chi connectivity index (χ3v) is 5.46. The van der Waals surface area contributed by atoms with Crippen molar-refractivity contribution in [1.29, 1.82) is 0 Å². The zero-order valence-corrected chi connectivity index (χ0v) is 16.3. The fourth-order valence-electron chi connectivity index (χ4n) is 3.66. The molecule has 2 fully saturated rings. The van der Waals surface area contributed by atoms with Crippen molar-refractivity contribution in [3.63, 3.8) is 0 Å². The maximum absolute atomic E-state index is 12.5. The lowest BCUT2D eigenvalue weighted by molar-refractivity contribution is -0.132. The van der Waals surface area contributed by atoms with Crippen molar-refractivity contribution >= 4 is 34.9 Å². The van der Waals surface area contributed by atoms with Gasteiger partial charge < -0.3 is 19.9 Å². The van der Waals surface area contributed by atoms with Gasteiger partial charge in [0, 0.05) is 43.9 Å². The number of amides is 2.